The molecule has 0 aliphatic carbocycles. The van der Waals surface area contributed by atoms with E-state index in [-0.39, 0.29) is 11.8 Å². The molecule has 0 aliphatic heterocycles. The summed E-state index contributed by atoms with van der Waals surface area (Å²) < 4.78 is 0. The second-order valence-electron chi connectivity index (χ2n) is 5.78. The van der Waals surface area contributed by atoms with Crippen molar-refractivity contribution in [2.75, 3.05) is 0 Å². The molecule has 0 bridgehead atoms. The average molecular weight is 247 g/mol. The molecule has 0 saturated carbocycles. The van der Waals surface area contributed by atoms with Gasteiger partial charge in [-0.3, -0.25) is 4.79 Å². The molecular weight excluding hydrogens is 222 g/mol. The van der Waals surface area contributed by atoms with E-state index in [0.717, 1.165) is 12.0 Å². The van der Waals surface area contributed by atoms with E-state index in [1.54, 1.807) is 0 Å². The SMILES string of the molecule is CC(C)CC(N)C(=O)Cc1ccc(C(C)C)cc1. The first-order chi connectivity index (χ1) is 8.40. The number of carbonyl (C=O) groups excluding carboxylic acids is 1. The quantitative estimate of drug-likeness (QED) is 0.838. The van der Waals surface area contributed by atoms with Crippen LogP contribution in [0.4, 0.5) is 0 Å². The van der Waals surface area contributed by atoms with Crippen LogP contribution < -0.4 is 5.73 Å². The molecule has 0 heterocycles. The van der Waals surface area contributed by atoms with Crippen LogP contribution in [0.2, 0.25) is 0 Å². The molecule has 1 atom stereocenters. The van der Waals surface area contributed by atoms with E-state index in [0.29, 0.717) is 18.3 Å². The van der Waals surface area contributed by atoms with Gasteiger partial charge in [-0.1, -0.05) is 52.0 Å². The van der Waals surface area contributed by atoms with Crippen LogP contribution in [0.15, 0.2) is 24.3 Å². The van der Waals surface area contributed by atoms with Gasteiger partial charge in [0.05, 0.1) is 6.04 Å². The minimum Gasteiger partial charge on any atom is -0.321 e. The van der Waals surface area contributed by atoms with Crippen LogP contribution >= 0.6 is 0 Å². The Balaban J connectivity index is 2.59. The van der Waals surface area contributed by atoms with Crippen molar-refractivity contribution in [3.63, 3.8) is 0 Å². The highest BCUT2D eigenvalue weighted by molar-refractivity contribution is 5.85. The average Bonchev–Trinajstić information content (AvgIpc) is 2.28. The summed E-state index contributed by atoms with van der Waals surface area (Å²) >= 11 is 0. The molecule has 0 saturated heterocycles. The number of ketones is 1. The van der Waals surface area contributed by atoms with Crippen LogP contribution in [-0.2, 0) is 11.2 Å². The third-order valence-electron chi connectivity index (χ3n) is 3.16. The summed E-state index contributed by atoms with van der Waals surface area (Å²) in [5, 5.41) is 0. The fourth-order valence-corrected chi connectivity index (χ4v) is 1.99. The van der Waals surface area contributed by atoms with Crippen molar-refractivity contribution in [3.05, 3.63) is 35.4 Å². The summed E-state index contributed by atoms with van der Waals surface area (Å²) in [6.07, 6.45) is 1.22. The highest BCUT2D eigenvalue weighted by Gasteiger charge is 2.15. The van der Waals surface area contributed by atoms with E-state index in [1.165, 1.54) is 5.56 Å². The monoisotopic (exact) mass is 247 g/mol. The van der Waals surface area contributed by atoms with E-state index in [1.807, 2.05) is 12.1 Å². The lowest BCUT2D eigenvalue weighted by molar-refractivity contribution is -0.120. The maximum atomic E-state index is 11.9. The van der Waals surface area contributed by atoms with Gasteiger partial charge >= 0.3 is 0 Å². The summed E-state index contributed by atoms with van der Waals surface area (Å²) in [6.45, 7) is 8.51. The number of carbonyl (C=O) groups is 1. The molecular formula is C16H25NO. The maximum absolute atomic E-state index is 11.9. The lowest BCUT2D eigenvalue weighted by Gasteiger charge is -2.13. The Labute approximate surface area is 111 Å². The zero-order chi connectivity index (χ0) is 13.7. The third kappa shape index (κ3) is 4.61. The van der Waals surface area contributed by atoms with Crippen LogP contribution in [0.3, 0.4) is 0 Å². The molecule has 0 aromatic heterocycles. The second kappa shape index (κ2) is 6.69. The van der Waals surface area contributed by atoms with E-state index < -0.39 is 0 Å². The van der Waals surface area contributed by atoms with Gasteiger partial charge in [0.25, 0.3) is 0 Å². The minimum atomic E-state index is -0.324. The Hall–Kier alpha value is -1.15. The predicted octanol–water partition coefficient (Wildman–Crippen LogP) is 3.30. The fraction of sp³-hybridized carbons (Fsp3) is 0.562. The number of hydrogen-bond acceptors (Lipinski definition) is 2. The first kappa shape index (κ1) is 14.9. The Morgan fingerprint density at radius 1 is 1.11 bits per heavy atom. The standard InChI is InChI=1S/C16H25NO/c1-11(2)9-15(17)16(18)10-13-5-7-14(8-6-13)12(3)4/h5-8,11-12,15H,9-10,17H2,1-4H3. The van der Waals surface area contributed by atoms with Gasteiger partial charge in [0, 0.05) is 6.42 Å². The van der Waals surface area contributed by atoms with Crippen LogP contribution in [0.5, 0.6) is 0 Å². The summed E-state index contributed by atoms with van der Waals surface area (Å²) in [5.41, 5.74) is 8.26. The van der Waals surface area contributed by atoms with Crippen LogP contribution in [-0.4, -0.2) is 11.8 Å². The first-order valence-corrected chi connectivity index (χ1v) is 6.77. The molecule has 0 fully saturated rings. The lowest BCUT2D eigenvalue weighted by atomic mass is 9.95. The first-order valence-electron chi connectivity index (χ1n) is 6.77. The number of benzene rings is 1. The minimum absolute atomic E-state index is 0.140. The van der Waals surface area contributed by atoms with Gasteiger partial charge in [-0.05, 0) is 29.4 Å². The molecule has 18 heavy (non-hydrogen) atoms. The fourth-order valence-electron chi connectivity index (χ4n) is 1.99. The predicted molar refractivity (Wildman–Crippen MR) is 76.7 cm³/mol. The topological polar surface area (TPSA) is 43.1 Å². The highest BCUT2D eigenvalue weighted by atomic mass is 16.1. The van der Waals surface area contributed by atoms with Crippen LogP contribution in [0, 0.1) is 5.92 Å². The number of nitrogens with two attached hydrogens (primary N) is 1. The summed E-state index contributed by atoms with van der Waals surface area (Å²) in [4.78, 5) is 11.9. The molecule has 0 amide bonds. The highest BCUT2D eigenvalue weighted by Crippen LogP contribution is 2.15. The van der Waals surface area contributed by atoms with Gasteiger partial charge in [-0.25, -0.2) is 0 Å². The van der Waals surface area contributed by atoms with Crippen LogP contribution in [0.1, 0.15) is 51.2 Å². The normalized spacial score (nSPS) is 13.1. The van der Waals surface area contributed by atoms with Gasteiger partial charge in [0.15, 0.2) is 5.78 Å². The Bertz CT molecular complexity index is 379. The van der Waals surface area contributed by atoms with E-state index in [9.17, 15) is 4.79 Å². The molecule has 0 spiro atoms. The third-order valence-corrected chi connectivity index (χ3v) is 3.16. The molecule has 1 rings (SSSR count). The van der Waals surface area contributed by atoms with Crippen molar-refractivity contribution in [3.8, 4) is 0 Å². The van der Waals surface area contributed by atoms with Crippen LogP contribution in [0.25, 0.3) is 0 Å². The Morgan fingerprint density at radius 3 is 2.11 bits per heavy atom. The number of rotatable bonds is 6. The molecule has 1 aromatic carbocycles. The van der Waals surface area contributed by atoms with Crippen molar-refractivity contribution < 1.29 is 4.79 Å². The van der Waals surface area contributed by atoms with E-state index in [4.69, 9.17) is 5.73 Å². The molecule has 100 valence electrons. The smallest absolute Gasteiger partial charge is 0.153 e. The maximum Gasteiger partial charge on any atom is 0.153 e. The zero-order valence-electron chi connectivity index (χ0n) is 11.9. The summed E-state index contributed by atoms with van der Waals surface area (Å²) in [6, 6.07) is 7.95. The largest absolute Gasteiger partial charge is 0.321 e. The number of hydrogen-bond donors (Lipinski definition) is 1. The molecule has 0 radical (unpaired) electrons. The van der Waals surface area contributed by atoms with Gasteiger partial charge < -0.3 is 5.73 Å². The van der Waals surface area contributed by atoms with Crippen molar-refractivity contribution >= 4 is 5.78 Å². The van der Waals surface area contributed by atoms with Crippen molar-refractivity contribution in [1.29, 1.82) is 0 Å². The van der Waals surface area contributed by atoms with E-state index in [2.05, 4.69) is 39.8 Å². The molecule has 0 aliphatic rings. The van der Waals surface area contributed by atoms with Gasteiger partial charge in [0.2, 0.25) is 0 Å². The molecule has 2 N–H and O–H groups in total. The number of Topliss-reactive ketones (excluding diaryl/α,β-unsaturated/α-hetero) is 1. The molecule has 1 aromatic rings. The lowest BCUT2D eigenvalue weighted by Crippen LogP contribution is -2.33. The van der Waals surface area contributed by atoms with Gasteiger partial charge in [-0.15, -0.1) is 0 Å². The zero-order valence-corrected chi connectivity index (χ0v) is 11.9. The molecule has 2 nitrogen and oxygen atoms in total. The van der Waals surface area contributed by atoms with Gasteiger partial charge in [-0.2, -0.15) is 0 Å². The second-order valence-corrected chi connectivity index (χ2v) is 5.78. The van der Waals surface area contributed by atoms with Gasteiger partial charge in [0.1, 0.15) is 0 Å². The molecule has 2 heteroatoms. The summed E-state index contributed by atoms with van der Waals surface area (Å²) in [5.74, 6) is 1.13. The van der Waals surface area contributed by atoms with E-state index >= 15 is 0 Å². The summed E-state index contributed by atoms with van der Waals surface area (Å²) in [7, 11) is 0. The van der Waals surface area contributed by atoms with Crippen molar-refractivity contribution in [2.45, 2.75) is 52.5 Å². The molecule has 1 unspecified atom stereocenters. The Kier molecular flexibility index (Phi) is 5.54. The van der Waals surface area contributed by atoms with Crippen molar-refractivity contribution in [2.24, 2.45) is 11.7 Å². The Morgan fingerprint density at radius 2 is 1.67 bits per heavy atom. The van der Waals surface area contributed by atoms with Crippen molar-refractivity contribution in [1.82, 2.24) is 0 Å².